The Morgan fingerprint density at radius 3 is 2.33 bits per heavy atom. The van der Waals surface area contributed by atoms with Crippen molar-refractivity contribution < 1.29 is 0 Å². The Labute approximate surface area is 95.5 Å². The lowest BCUT2D eigenvalue weighted by Crippen LogP contribution is -2.56. The predicted octanol–water partition coefficient (Wildman–Crippen LogP) is 3.85. The molecule has 0 radical (unpaired) electrons. The zero-order chi connectivity index (χ0) is 11.5. The van der Waals surface area contributed by atoms with Gasteiger partial charge >= 0.3 is 0 Å². The van der Waals surface area contributed by atoms with Gasteiger partial charge < -0.3 is 0 Å². The first-order valence-corrected chi connectivity index (χ1v) is 6.50. The Bertz CT molecular complexity index is 219. The molecule has 88 valence electrons. The SMILES string of the molecule is CCC(C)[C@]1(CC)CC=CCN1C(C)C. The van der Waals surface area contributed by atoms with E-state index in [0.29, 0.717) is 11.6 Å². The zero-order valence-electron chi connectivity index (χ0n) is 11.1. The third-order valence-electron chi connectivity index (χ3n) is 4.28. The van der Waals surface area contributed by atoms with Crippen molar-refractivity contribution in [1.82, 2.24) is 4.90 Å². The van der Waals surface area contributed by atoms with Gasteiger partial charge in [0.25, 0.3) is 0 Å². The van der Waals surface area contributed by atoms with Crippen LogP contribution in [0.25, 0.3) is 0 Å². The maximum atomic E-state index is 2.70. The molecule has 0 amide bonds. The van der Waals surface area contributed by atoms with Crippen molar-refractivity contribution in [3.05, 3.63) is 12.2 Å². The van der Waals surface area contributed by atoms with E-state index in [1.54, 1.807) is 0 Å². The van der Waals surface area contributed by atoms with Gasteiger partial charge in [0.2, 0.25) is 0 Å². The minimum absolute atomic E-state index is 0.414. The molecule has 0 saturated carbocycles. The molecule has 2 atom stereocenters. The van der Waals surface area contributed by atoms with Crippen LogP contribution in [0.5, 0.6) is 0 Å². The van der Waals surface area contributed by atoms with E-state index in [2.05, 4.69) is 51.7 Å². The van der Waals surface area contributed by atoms with Gasteiger partial charge in [0.05, 0.1) is 0 Å². The van der Waals surface area contributed by atoms with Crippen molar-refractivity contribution in [2.24, 2.45) is 5.92 Å². The highest BCUT2D eigenvalue weighted by atomic mass is 15.2. The van der Waals surface area contributed by atoms with Crippen LogP contribution in [-0.2, 0) is 0 Å². The van der Waals surface area contributed by atoms with Crippen LogP contribution in [0.2, 0.25) is 0 Å². The summed E-state index contributed by atoms with van der Waals surface area (Å²) in [5.41, 5.74) is 0.414. The van der Waals surface area contributed by atoms with Crippen LogP contribution in [0, 0.1) is 5.92 Å². The highest BCUT2D eigenvalue weighted by molar-refractivity contribution is 5.07. The van der Waals surface area contributed by atoms with E-state index in [4.69, 9.17) is 0 Å². The average molecular weight is 209 g/mol. The Morgan fingerprint density at radius 1 is 1.20 bits per heavy atom. The van der Waals surface area contributed by atoms with Crippen molar-refractivity contribution in [2.45, 2.75) is 65.5 Å². The van der Waals surface area contributed by atoms with Crippen LogP contribution in [-0.4, -0.2) is 23.0 Å². The van der Waals surface area contributed by atoms with Gasteiger partial charge in [-0.25, -0.2) is 0 Å². The van der Waals surface area contributed by atoms with Crippen LogP contribution >= 0.6 is 0 Å². The first-order chi connectivity index (χ1) is 7.08. The number of hydrogen-bond donors (Lipinski definition) is 0. The first-order valence-electron chi connectivity index (χ1n) is 6.50. The molecule has 0 aliphatic carbocycles. The molecule has 0 fully saturated rings. The molecule has 0 N–H and O–H groups in total. The molecule has 1 unspecified atom stereocenters. The monoisotopic (exact) mass is 209 g/mol. The summed E-state index contributed by atoms with van der Waals surface area (Å²) in [6, 6.07) is 0.656. The standard InChI is InChI=1S/C14H27N/c1-6-13(5)14(7-2)10-8-9-11-15(14)12(3)4/h8-9,12-13H,6-7,10-11H2,1-5H3/t13?,14-/m0/s1. The molecule has 1 aliphatic heterocycles. The molecule has 15 heavy (non-hydrogen) atoms. The predicted molar refractivity (Wildman–Crippen MR) is 68.1 cm³/mol. The lowest BCUT2D eigenvalue weighted by Gasteiger charge is -2.51. The Kier molecular flexibility index (Phi) is 4.39. The molecular weight excluding hydrogens is 182 g/mol. The highest BCUT2D eigenvalue weighted by Crippen LogP contribution is 2.38. The topological polar surface area (TPSA) is 3.24 Å². The van der Waals surface area contributed by atoms with E-state index in [1.807, 2.05) is 0 Å². The van der Waals surface area contributed by atoms with Gasteiger partial charge in [-0.05, 0) is 32.6 Å². The number of rotatable bonds is 4. The summed E-state index contributed by atoms with van der Waals surface area (Å²) < 4.78 is 0. The minimum atomic E-state index is 0.414. The van der Waals surface area contributed by atoms with E-state index < -0.39 is 0 Å². The van der Waals surface area contributed by atoms with Gasteiger partial charge in [0, 0.05) is 18.1 Å². The summed E-state index contributed by atoms with van der Waals surface area (Å²) in [6.45, 7) is 12.9. The smallest absolute Gasteiger partial charge is 0.0272 e. The van der Waals surface area contributed by atoms with Crippen LogP contribution in [0.3, 0.4) is 0 Å². The molecule has 0 aromatic rings. The van der Waals surface area contributed by atoms with E-state index in [0.717, 1.165) is 12.5 Å². The second-order valence-corrected chi connectivity index (χ2v) is 5.19. The van der Waals surface area contributed by atoms with Crippen LogP contribution in [0.4, 0.5) is 0 Å². The van der Waals surface area contributed by atoms with Crippen LogP contribution in [0.15, 0.2) is 12.2 Å². The lowest BCUT2D eigenvalue weighted by atomic mass is 9.75. The summed E-state index contributed by atoms with van der Waals surface area (Å²) in [7, 11) is 0. The van der Waals surface area contributed by atoms with E-state index in [-0.39, 0.29) is 0 Å². The van der Waals surface area contributed by atoms with Gasteiger partial charge in [-0.15, -0.1) is 0 Å². The molecule has 0 saturated heterocycles. The molecule has 1 heteroatoms. The van der Waals surface area contributed by atoms with Gasteiger partial charge in [-0.1, -0.05) is 39.3 Å². The van der Waals surface area contributed by atoms with E-state index in [9.17, 15) is 0 Å². The van der Waals surface area contributed by atoms with Crippen molar-refractivity contribution >= 4 is 0 Å². The number of nitrogens with zero attached hydrogens (tertiary/aromatic N) is 1. The minimum Gasteiger partial charge on any atom is -0.291 e. The largest absolute Gasteiger partial charge is 0.291 e. The van der Waals surface area contributed by atoms with Crippen LogP contribution in [0.1, 0.15) is 53.9 Å². The third-order valence-corrected chi connectivity index (χ3v) is 4.28. The van der Waals surface area contributed by atoms with Gasteiger partial charge in [0.15, 0.2) is 0 Å². The molecule has 0 aromatic carbocycles. The molecule has 0 spiro atoms. The average Bonchev–Trinajstić information content (AvgIpc) is 2.27. The summed E-state index contributed by atoms with van der Waals surface area (Å²) in [6.07, 6.45) is 8.50. The molecule has 0 aromatic heterocycles. The fourth-order valence-corrected chi connectivity index (χ4v) is 3.06. The first kappa shape index (κ1) is 12.8. The number of hydrogen-bond acceptors (Lipinski definition) is 1. The Hall–Kier alpha value is -0.300. The lowest BCUT2D eigenvalue weighted by molar-refractivity contribution is 0.0118. The van der Waals surface area contributed by atoms with Crippen molar-refractivity contribution in [3.63, 3.8) is 0 Å². The third kappa shape index (κ3) is 2.28. The van der Waals surface area contributed by atoms with Gasteiger partial charge in [-0.2, -0.15) is 0 Å². The fraction of sp³-hybridized carbons (Fsp3) is 0.857. The summed E-state index contributed by atoms with van der Waals surface area (Å²) in [5.74, 6) is 0.787. The summed E-state index contributed by atoms with van der Waals surface area (Å²) >= 11 is 0. The summed E-state index contributed by atoms with van der Waals surface area (Å²) in [4.78, 5) is 2.70. The second-order valence-electron chi connectivity index (χ2n) is 5.19. The maximum Gasteiger partial charge on any atom is 0.0272 e. The zero-order valence-corrected chi connectivity index (χ0v) is 11.1. The molecule has 1 aliphatic rings. The molecule has 1 rings (SSSR count). The van der Waals surface area contributed by atoms with Crippen molar-refractivity contribution in [2.75, 3.05) is 6.54 Å². The van der Waals surface area contributed by atoms with Gasteiger partial charge in [0.1, 0.15) is 0 Å². The highest BCUT2D eigenvalue weighted by Gasteiger charge is 2.40. The summed E-state index contributed by atoms with van der Waals surface area (Å²) in [5, 5.41) is 0. The fourth-order valence-electron chi connectivity index (χ4n) is 3.06. The molecule has 0 bridgehead atoms. The maximum absolute atomic E-state index is 2.70. The normalized spacial score (nSPS) is 29.7. The van der Waals surface area contributed by atoms with Crippen molar-refractivity contribution in [3.8, 4) is 0 Å². The van der Waals surface area contributed by atoms with Crippen molar-refractivity contribution in [1.29, 1.82) is 0 Å². The van der Waals surface area contributed by atoms with E-state index >= 15 is 0 Å². The molecule has 1 nitrogen and oxygen atoms in total. The Morgan fingerprint density at radius 2 is 1.87 bits per heavy atom. The van der Waals surface area contributed by atoms with E-state index in [1.165, 1.54) is 19.3 Å². The molecular formula is C14H27N. The molecule has 1 heterocycles. The quantitative estimate of drug-likeness (QED) is 0.636. The Balaban J connectivity index is 2.96. The second kappa shape index (κ2) is 5.16. The van der Waals surface area contributed by atoms with Gasteiger partial charge in [-0.3, -0.25) is 4.90 Å². The van der Waals surface area contributed by atoms with Crippen LogP contribution < -0.4 is 0 Å².